The fourth-order valence-electron chi connectivity index (χ4n) is 2.96. The topological polar surface area (TPSA) is 65.0 Å². The zero-order valence-electron chi connectivity index (χ0n) is 22.6. The second-order valence-electron chi connectivity index (χ2n) is 9.59. The van der Waals surface area contributed by atoms with E-state index in [4.69, 9.17) is 14.6 Å². The fourth-order valence-corrected chi connectivity index (χ4v) is 2.96. The van der Waals surface area contributed by atoms with E-state index in [0.29, 0.717) is 0 Å². The third-order valence-corrected chi connectivity index (χ3v) is 5.72. The van der Waals surface area contributed by atoms with Crippen LogP contribution in [0, 0.1) is 5.92 Å². The van der Waals surface area contributed by atoms with Gasteiger partial charge in [0.1, 0.15) is 0 Å². The normalized spacial score (nSPS) is 15.5. The number of hydrogen-bond donors (Lipinski definition) is 1. The molecule has 0 rings (SSSR count). The van der Waals surface area contributed by atoms with E-state index in [9.17, 15) is 83.8 Å². The lowest BCUT2D eigenvalue weighted by Crippen LogP contribution is -2.60. The molecule has 0 saturated carbocycles. The Kier molecular flexibility index (Phi) is 14.7. The second-order valence-corrected chi connectivity index (χ2v) is 9.59. The summed E-state index contributed by atoms with van der Waals surface area (Å²) in [6.45, 7) is -1.87. The summed E-state index contributed by atoms with van der Waals surface area (Å²) in [6, 6.07) is 0. The first-order valence-electron chi connectivity index (χ1n) is 12.3. The van der Waals surface area contributed by atoms with Gasteiger partial charge in [-0.25, -0.2) is 0 Å². The van der Waals surface area contributed by atoms with Crippen LogP contribution in [0.4, 0.5) is 79.0 Å². The van der Waals surface area contributed by atoms with Crippen molar-refractivity contribution in [2.45, 2.75) is 99.6 Å². The molecule has 0 bridgehead atoms. The quantitative estimate of drug-likeness (QED) is 0.0605. The third kappa shape index (κ3) is 10.5. The Bertz CT molecular complexity index is 861. The Morgan fingerprint density at radius 3 is 1.29 bits per heavy atom. The van der Waals surface area contributed by atoms with Gasteiger partial charge in [-0.3, -0.25) is 4.79 Å². The van der Waals surface area contributed by atoms with Crippen LogP contribution in [0.1, 0.15) is 45.4 Å². The van der Waals surface area contributed by atoms with Gasteiger partial charge >= 0.3 is 53.9 Å². The van der Waals surface area contributed by atoms with Crippen LogP contribution < -0.4 is 0 Å². The number of halogens is 18. The number of hydrogen-bond acceptors (Lipinski definition) is 5. The number of carbonyl (C=O) groups excluding carboxylic acids is 1. The van der Waals surface area contributed by atoms with Gasteiger partial charge in [-0.05, 0) is 12.8 Å². The van der Waals surface area contributed by atoms with Crippen molar-refractivity contribution < 1.29 is 103 Å². The largest absolute Gasteiger partial charge is 0.465 e. The molecule has 1 unspecified atom stereocenters. The highest BCUT2D eigenvalue weighted by molar-refractivity contribution is 5.69. The average Bonchev–Trinajstić information content (AvgIpc) is 2.88. The van der Waals surface area contributed by atoms with E-state index in [-0.39, 0.29) is 6.61 Å². The van der Waals surface area contributed by atoms with Crippen molar-refractivity contribution in [3.8, 4) is 0 Å². The summed E-state index contributed by atoms with van der Waals surface area (Å²) in [6.07, 6.45) is -25.2. The molecule has 0 heterocycles. The SMILES string of the molecule is CC(CO)COC(=O)CCC(OCCCC(F)(F)C(F)(F)C(F)(F)C(F)(F)F)OCCCC(F)(F)C(F)(F)C(F)(F)C(F)(F)F. The Morgan fingerprint density at radius 1 is 0.622 bits per heavy atom. The van der Waals surface area contributed by atoms with E-state index in [0.717, 1.165) is 0 Å². The number of rotatable bonds is 20. The summed E-state index contributed by atoms with van der Waals surface area (Å²) in [5.74, 6) is -41.9. The molecule has 45 heavy (non-hydrogen) atoms. The number of alkyl halides is 18. The standard InChI is InChI=1S/C22H26F18O5/c1-12(10-41)11-45-13(42)4-5-14(43-8-2-6-15(23,24)17(27,28)19(31,32)21(35,36)37)44-9-3-7-16(25,26)18(29,30)20(33,34)22(38,39)40/h12,14,41H,2-11H2,1H3. The maximum Gasteiger partial charge on any atom is 0.460 e. The zero-order valence-corrected chi connectivity index (χ0v) is 22.6. The molecule has 0 spiro atoms. The van der Waals surface area contributed by atoms with Crippen LogP contribution in [-0.4, -0.2) is 91.7 Å². The van der Waals surface area contributed by atoms with Gasteiger partial charge in [0.15, 0.2) is 6.29 Å². The van der Waals surface area contributed by atoms with Crippen LogP contribution in [0.5, 0.6) is 0 Å². The van der Waals surface area contributed by atoms with Crippen LogP contribution in [0.2, 0.25) is 0 Å². The van der Waals surface area contributed by atoms with Crippen molar-refractivity contribution in [3.05, 3.63) is 0 Å². The number of ether oxygens (including phenoxy) is 3. The second kappa shape index (κ2) is 15.3. The first-order valence-corrected chi connectivity index (χ1v) is 12.3. The van der Waals surface area contributed by atoms with Crippen molar-refractivity contribution in [2.75, 3.05) is 26.4 Å². The van der Waals surface area contributed by atoms with E-state index in [1.165, 1.54) is 6.92 Å². The van der Waals surface area contributed by atoms with Gasteiger partial charge in [-0.15, -0.1) is 0 Å². The van der Waals surface area contributed by atoms with Crippen molar-refractivity contribution in [3.63, 3.8) is 0 Å². The molecule has 0 fully saturated rings. The molecule has 0 aliphatic rings. The van der Waals surface area contributed by atoms with Crippen LogP contribution in [0.25, 0.3) is 0 Å². The Morgan fingerprint density at radius 2 is 0.978 bits per heavy atom. The lowest BCUT2D eigenvalue weighted by molar-refractivity contribution is -0.397. The Labute approximate surface area is 242 Å². The number of aliphatic hydroxyl groups is 1. The highest BCUT2D eigenvalue weighted by atomic mass is 19.4. The van der Waals surface area contributed by atoms with E-state index in [1.807, 2.05) is 0 Å². The summed E-state index contributed by atoms with van der Waals surface area (Å²) in [5.41, 5.74) is 0. The third-order valence-electron chi connectivity index (χ3n) is 5.72. The molecule has 5 nitrogen and oxygen atoms in total. The smallest absolute Gasteiger partial charge is 0.460 e. The van der Waals surface area contributed by atoms with Gasteiger partial charge in [0, 0.05) is 45.0 Å². The van der Waals surface area contributed by atoms with E-state index in [1.54, 1.807) is 0 Å². The molecule has 0 aromatic carbocycles. The van der Waals surface area contributed by atoms with Crippen LogP contribution in [0.3, 0.4) is 0 Å². The first-order chi connectivity index (χ1) is 19.9. The highest BCUT2D eigenvalue weighted by Gasteiger charge is 2.82. The lowest BCUT2D eigenvalue weighted by atomic mass is 10.00. The summed E-state index contributed by atoms with van der Waals surface area (Å²) >= 11 is 0. The van der Waals surface area contributed by atoms with E-state index < -0.39 is 124 Å². The molecule has 23 heteroatoms. The minimum atomic E-state index is -7.17. The van der Waals surface area contributed by atoms with E-state index in [2.05, 4.69) is 4.74 Å². The molecule has 0 amide bonds. The van der Waals surface area contributed by atoms with E-state index >= 15 is 0 Å². The molecular weight excluding hydrogens is 686 g/mol. The lowest BCUT2D eigenvalue weighted by Gasteiger charge is -2.34. The predicted molar refractivity (Wildman–Crippen MR) is 112 cm³/mol. The van der Waals surface area contributed by atoms with Gasteiger partial charge in [0.25, 0.3) is 0 Å². The number of aliphatic hydroxyl groups excluding tert-OH is 1. The molecule has 0 aromatic rings. The van der Waals surface area contributed by atoms with Crippen molar-refractivity contribution in [1.29, 1.82) is 0 Å². The van der Waals surface area contributed by atoms with Crippen LogP contribution >= 0.6 is 0 Å². The maximum atomic E-state index is 13.6. The predicted octanol–water partition coefficient (Wildman–Crippen LogP) is 7.79. The molecule has 0 aliphatic heterocycles. The molecule has 270 valence electrons. The molecular formula is C22H26F18O5. The molecule has 0 radical (unpaired) electrons. The number of esters is 1. The van der Waals surface area contributed by atoms with Crippen molar-refractivity contribution in [2.24, 2.45) is 5.92 Å². The number of carbonyl (C=O) groups is 1. The first kappa shape index (κ1) is 43.1. The Hall–Kier alpha value is -1.91. The Balaban J connectivity index is 5.42. The van der Waals surface area contributed by atoms with Gasteiger partial charge in [0.05, 0.1) is 13.0 Å². The molecule has 0 saturated heterocycles. The van der Waals surface area contributed by atoms with Gasteiger partial charge in [0.2, 0.25) is 0 Å². The summed E-state index contributed by atoms with van der Waals surface area (Å²) in [5, 5.41) is 8.86. The van der Waals surface area contributed by atoms with Gasteiger partial charge < -0.3 is 19.3 Å². The van der Waals surface area contributed by atoms with Gasteiger partial charge in [-0.1, -0.05) is 6.92 Å². The minimum Gasteiger partial charge on any atom is -0.465 e. The fraction of sp³-hybridized carbons (Fsp3) is 0.955. The average molecular weight is 712 g/mol. The molecule has 1 N–H and O–H groups in total. The van der Waals surface area contributed by atoms with Crippen molar-refractivity contribution in [1.82, 2.24) is 0 Å². The maximum absolute atomic E-state index is 13.6. The summed E-state index contributed by atoms with van der Waals surface area (Å²) in [4.78, 5) is 11.8. The summed E-state index contributed by atoms with van der Waals surface area (Å²) < 4.78 is 247. The molecule has 1 atom stereocenters. The summed E-state index contributed by atoms with van der Waals surface area (Å²) in [7, 11) is 0. The van der Waals surface area contributed by atoms with Crippen LogP contribution in [0.15, 0.2) is 0 Å². The highest BCUT2D eigenvalue weighted by Crippen LogP contribution is 2.55. The minimum absolute atomic E-state index is 0.362. The van der Waals surface area contributed by atoms with Gasteiger partial charge in [-0.2, -0.15) is 79.0 Å². The van der Waals surface area contributed by atoms with Crippen molar-refractivity contribution >= 4 is 5.97 Å². The molecule has 0 aromatic heterocycles. The molecule has 0 aliphatic carbocycles. The van der Waals surface area contributed by atoms with Crippen LogP contribution in [-0.2, 0) is 19.0 Å². The monoisotopic (exact) mass is 712 g/mol. The zero-order chi connectivity index (χ0) is 35.9.